The summed E-state index contributed by atoms with van der Waals surface area (Å²) < 4.78 is 37.1. The molecule has 4 rings (SSSR count). The van der Waals surface area contributed by atoms with Gasteiger partial charge in [0.15, 0.2) is 0 Å². The molecule has 1 aliphatic heterocycles. The van der Waals surface area contributed by atoms with E-state index in [-0.39, 0.29) is 33.5 Å². The second kappa shape index (κ2) is 8.60. The van der Waals surface area contributed by atoms with E-state index in [1.165, 1.54) is 25.1 Å². The Morgan fingerprint density at radius 1 is 1.06 bits per heavy atom. The number of hydrogen-bond donors (Lipinski definition) is 2. The molecule has 1 fully saturated rings. The third-order valence-corrected chi connectivity index (χ3v) is 6.94. The average molecular weight is 460 g/mol. The highest BCUT2D eigenvalue weighted by Gasteiger charge is 2.25. The number of amides is 2. The van der Waals surface area contributed by atoms with Crippen molar-refractivity contribution in [3.8, 4) is 0 Å². The van der Waals surface area contributed by atoms with Gasteiger partial charge in [-0.3, -0.25) is 14.3 Å². The number of aromatic nitrogens is 2. The summed E-state index contributed by atoms with van der Waals surface area (Å²) in [6, 6.07) is 9.28. The summed E-state index contributed by atoms with van der Waals surface area (Å²) in [6.45, 7) is 2.61. The van der Waals surface area contributed by atoms with Gasteiger partial charge < -0.3 is 10.2 Å². The Kier molecular flexibility index (Phi) is 5.88. The first-order chi connectivity index (χ1) is 14.8. The number of anilines is 2. The van der Waals surface area contributed by atoms with Crippen LogP contribution >= 0.6 is 11.7 Å². The third kappa shape index (κ3) is 4.52. The number of likely N-dealkylation sites (tertiary alicyclic amines) is 1. The van der Waals surface area contributed by atoms with Gasteiger partial charge in [-0.05, 0) is 49.6 Å². The van der Waals surface area contributed by atoms with Gasteiger partial charge in [-0.2, -0.15) is 8.75 Å². The topological polar surface area (TPSA) is 121 Å². The van der Waals surface area contributed by atoms with Crippen LogP contribution in [0.15, 0.2) is 41.3 Å². The molecule has 1 saturated heterocycles. The van der Waals surface area contributed by atoms with Gasteiger partial charge in [-0.1, -0.05) is 6.07 Å². The van der Waals surface area contributed by atoms with Crippen LogP contribution in [0.2, 0.25) is 0 Å². The SMILES string of the molecule is CC(=O)Nc1ccc(C(=O)N2CCCCC2)c(NS(=O)(=O)c2cccc3nsnc23)c1. The lowest BCUT2D eigenvalue weighted by Gasteiger charge is -2.27. The lowest BCUT2D eigenvalue weighted by Crippen LogP contribution is -2.36. The van der Waals surface area contributed by atoms with Gasteiger partial charge in [-0.15, -0.1) is 0 Å². The highest BCUT2D eigenvalue weighted by Crippen LogP contribution is 2.28. The first kappa shape index (κ1) is 21.2. The number of sulfonamides is 1. The molecule has 0 radical (unpaired) electrons. The summed E-state index contributed by atoms with van der Waals surface area (Å²) >= 11 is 0.925. The molecule has 0 saturated carbocycles. The molecule has 0 atom stereocenters. The molecule has 9 nitrogen and oxygen atoms in total. The maximum absolute atomic E-state index is 13.2. The lowest BCUT2D eigenvalue weighted by atomic mass is 10.1. The number of hydrogen-bond acceptors (Lipinski definition) is 7. The average Bonchev–Trinajstić information content (AvgIpc) is 3.22. The second-order valence-corrected chi connectivity index (χ2v) is 9.47. The summed E-state index contributed by atoms with van der Waals surface area (Å²) in [7, 11) is -4.07. The Balaban J connectivity index is 1.74. The molecule has 11 heteroatoms. The molecule has 0 unspecified atom stereocenters. The number of nitrogens with zero attached hydrogens (tertiary/aromatic N) is 3. The molecule has 1 aliphatic rings. The first-order valence-corrected chi connectivity index (χ1v) is 12.0. The third-order valence-electron chi connectivity index (χ3n) is 5.00. The van der Waals surface area contributed by atoms with E-state index in [0.717, 1.165) is 31.0 Å². The van der Waals surface area contributed by atoms with E-state index in [2.05, 4.69) is 18.8 Å². The summed E-state index contributed by atoms with van der Waals surface area (Å²) in [6.07, 6.45) is 2.89. The monoisotopic (exact) mass is 459 g/mol. The standard InChI is InChI=1S/C20H21N5O4S2/c1-13(26)21-14-8-9-15(20(27)25-10-3-2-4-11-25)17(12-14)24-31(28,29)18-7-5-6-16-19(18)23-30-22-16/h5-9,12,24H,2-4,10-11H2,1H3,(H,21,26). The summed E-state index contributed by atoms with van der Waals surface area (Å²) in [4.78, 5) is 26.3. The number of piperidine rings is 1. The molecule has 0 spiro atoms. The van der Waals surface area contributed by atoms with E-state index in [9.17, 15) is 18.0 Å². The van der Waals surface area contributed by atoms with E-state index in [4.69, 9.17) is 0 Å². The fraction of sp³-hybridized carbons (Fsp3) is 0.300. The van der Waals surface area contributed by atoms with Crippen LogP contribution in [0.5, 0.6) is 0 Å². The summed E-state index contributed by atoms with van der Waals surface area (Å²) in [5, 5.41) is 2.62. The fourth-order valence-electron chi connectivity index (χ4n) is 3.56. The van der Waals surface area contributed by atoms with Crippen LogP contribution in [0, 0.1) is 0 Å². The van der Waals surface area contributed by atoms with Gasteiger partial charge in [0.05, 0.1) is 23.0 Å². The van der Waals surface area contributed by atoms with E-state index >= 15 is 0 Å². The predicted molar refractivity (Wildman–Crippen MR) is 119 cm³/mol. The number of nitrogens with one attached hydrogen (secondary N) is 2. The second-order valence-electron chi connectivity index (χ2n) is 7.29. The molecule has 3 aromatic rings. The summed E-state index contributed by atoms with van der Waals surface area (Å²) in [5.41, 5.74) is 1.45. The van der Waals surface area contributed by atoms with Crippen molar-refractivity contribution in [2.24, 2.45) is 0 Å². The van der Waals surface area contributed by atoms with Crippen molar-refractivity contribution < 1.29 is 18.0 Å². The van der Waals surface area contributed by atoms with Gasteiger partial charge in [0.25, 0.3) is 15.9 Å². The van der Waals surface area contributed by atoms with Crippen LogP contribution < -0.4 is 10.0 Å². The minimum atomic E-state index is -4.07. The van der Waals surface area contributed by atoms with Crippen molar-refractivity contribution in [1.82, 2.24) is 13.6 Å². The molecule has 2 N–H and O–H groups in total. The largest absolute Gasteiger partial charge is 0.339 e. The maximum atomic E-state index is 13.2. The van der Waals surface area contributed by atoms with Gasteiger partial charge >= 0.3 is 0 Å². The zero-order chi connectivity index (χ0) is 22.0. The molecule has 1 aromatic heterocycles. The molecule has 2 aromatic carbocycles. The Morgan fingerprint density at radius 3 is 2.58 bits per heavy atom. The minimum absolute atomic E-state index is 0.0277. The molecule has 0 bridgehead atoms. The number of benzene rings is 2. The smallest absolute Gasteiger partial charge is 0.264 e. The van der Waals surface area contributed by atoms with E-state index in [1.807, 2.05) is 0 Å². The van der Waals surface area contributed by atoms with Crippen molar-refractivity contribution >= 4 is 56.0 Å². The molecule has 2 heterocycles. The van der Waals surface area contributed by atoms with E-state index in [0.29, 0.717) is 24.3 Å². The Labute approximate surface area is 183 Å². The van der Waals surface area contributed by atoms with Crippen LogP contribution in [-0.4, -0.2) is 47.0 Å². The number of rotatable bonds is 5. The van der Waals surface area contributed by atoms with Crippen molar-refractivity contribution in [1.29, 1.82) is 0 Å². The summed E-state index contributed by atoms with van der Waals surface area (Å²) in [5.74, 6) is -0.553. The first-order valence-electron chi connectivity index (χ1n) is 9.80. The van der Waals surface area contributed by atoms with Crippen LogP contribution in [0.25, 0.3) is 11.0 Å². The van der Waals surface area contributed by atoms with Crippen LogP contribution in [0.3, 0.4) is 0 Å². The maximum Gasteiger partial charge on any atom is 0.264 e. The van der Waals surface area contributed by atoms with Gasteiger partial charge in [0, 0.05) is 25.7 Å². The van der Waals surface area contributed by atoms with Crippen LogP contribution in [0.4, 0.5) is 11.4 Å². The number of carbonyl (C=O) groups is 2. The van der Waals surface area contributed by atoms with Crippen molar-refractivity contribution in [3.63, 3.8) is 0 Å². The normalized spacial score (nSPS) is 14.4. The van der Waals surface area contributed by atoms with Crippen LogP contribution in [-0.2, 0) is 14.8 Å². The molecule has 162 valence electrons. The molecule has 2 amide bonds. The highest BCUT2D eigenvalue weighted by molar-refractivity contribution is 7.93. The highest BCUT2D eigenvalue weighted by atomic mass is 32.2. The van der Waals surface area contributed by atoms with Gasteiger partial charge in [0.2, 0.25) is 5.91 Å². The Bertz CT molecular complexity index is 1250. The Hall–Kier alpha value is -3.05. The zero-order valence-electron chi connectivity index (χ0n) is 16.8. The zero-order valence-corrected chi connectivity index (χ0v) is 18.4. The van der Waals surface area contributed by atoms with Crippen molar-refractivity contribution in [2.75, 3.05) is 23.1 Å². The number of carbonyl (C=O) groups excluding carboxylic acids is 2. The van der Waals surface area contributed by atoms with Gasteiger partial charge in [-0.25, -0.2) is 8.42 Å². The quantitative estimate of drug-likeness (QED) is 0.605. The molecular weight excluding hydrogens is 438 g/mol. The molecule has 0 aliphatic carbocycles. The molecular formula is C20H21N5O4S2. The van der Waals surface area contributed by atoms with Crippen molar-refractivity contribution in [2.45, 2.75) is 31.1 Å². The number of fused-ring (bicyclic) bond motifs is 1. The van der Waals surface area contributed by atoms with Gasteiger partial charge in [0.1, 0.15) is 15.9 Å². The minimum Gasteiger partial charge on any atom is -0.339 e. The molecule has 31 heavy (non-hydrogen) atoms. The van der Waals surface area contributed by atoms with Crippen LogP contribution in [0.1, 0.15) is 36.5 Å². The van der Waals surface area contributed by atoms with E-state index in [1.54, 1.807) is 23.1 Å². The lowest BCUT2D eigenvalue weighted by molar-refractivity contribution is -0.114. The fourth-order valence-corrected chi connectivity index (χ4v) is 5.40. The van der Waals surface area contributed by atoms with E-state index < -0.39 is 10.0 Å². The Morgan fingerprint density at radius 2 is 1.84 bits per heavy atom. The predicted octanol–water partition coefficient (Wildman–Crippen LogP) is 3.08. The van der Waals surface area contributed by atoms with Crippen molar-refractivity contribution in [3.05, 3.63) is 42.0 Å².